The highest BCUT2D eigenvalue weighted by atomic mass is 32.2. The van der Waals surface area contributed by atoms with Crippen LogP contribution in [0.25, 0.3) is 0 Å². The third kappa shape index (κ3) is 3.62. The highest BCUT2D eigenvalue weighted by Crippen LogP contribution is 2.23. The van der Waals surface area contributed by atoms with Gasteiger partial charge in [-0.3, -0.25) is 4.72 Å². The van der Waals surface area contributed by atoms with Crippen LogP contribution in [0.15, 0.2) is 32.2 Å². The molecule has 0 aliphatic heterocycles. The van der Waals surface area contributed by atoms with Crippen molar-refractivity contribution in [2.45, 2.75) is 31.7 Å². The molecule has 20 heavy (non-hydrogen) atoms. The van der Waals surface area contributed by atoms with Crippen molar-refractivity contribution in [3.05, 3.63) is 34.4 Å². The molecule has 0 aliphatic rings. The van der Waals surface area contributed by atoms with Gasteiger partial charge in [0.1, 0.15) is 16.4 Å². The van der Waals surface area contributed by atoms with E-state index < -0.39 is 10.0 Å². The van der Waals surface area contributed by atoms with Gasteiger partial charge in [0, 0.05) is 11.4 Å². The van der Waals surface area contributed by atoms with Crippen LogP contribution in [0.2, 0.25) is 0 Å². The van der Waals surface area contributed by atoms with Crippen LogP contribution in [0.4, 0.5) is 5.69 Å². The second-order valence-corrected chi connectivity index (χ2v) is 6.86. The zero-order valence-electron chi connectivity index (χ0n) is 11.5. The highest BCUT2D eigenvalue weighted by Gasteiger charge is 2.21. The molecule has 0 amide bonds. The Bertz CT molecular complexity index is 645. The van der Waals surface area contributed by atoms with Gasteiger partial charge >= 0.3 is 0 Å². The summed E-state index contributed by atoms with van der Waals surface area (Å²) in [5.41, 5.74) is 0.571. The van der Waals surface area contributed by atoms with Gasteiger partial charge in [-0.1, -0.05) is 6.92 Å². The van der Waals surface area contributed by atoms with Crippen LogP contribution >= 0.6 is 11.3 Å². The molecule has 0 saturated carbocycles. The molecular formula is C13H18N2O3S2. The van der Waals surface area contributed by atoms with E-state index in [1.807, 2.05) is 5.38 Å². The van der Waals surface area contributed by atoms with Crippen LogP contribution in [0.5, 0.6) is 0 Å². The molecule has 0 saturated heterocycles. The van der Waals surface area contributed by atoms with Crippen molar-refractivity contribution in [3.63, 3.8) is 0 Å². The fraction of sp³-hybridized carbons (Fsp3) is 0.385. The van der Waals surface area contributed by atoms with Gasteiger partial charge in [0.05, 0.1) is 12.2 Å². The van der Waals surface area contributed by atoms with Crippen LogP contribution in [0.1, 0.15) is 24.9 Å². The molecule has 0 aromatic carbocycles. The minimum Gasteiger partial charge on any atom is -0.464 e. The van der Waals surface area contributed by atoms with Crippen LogP contribution in [0.3, 0.4) is 0 Å². The monoisotopic (exact) mass is 314 g/mol. The molecule has 2 heterocycles. The van der Waals surface area contributed by atoms with Crippen LogP contribution in [0, 0.1) is 6.92 Å². The number of rotatable bonds is 7. The predicted molar refractivity (Wildman–Crippen MR) is 80.6 cm³/mol. The van der Waals surface area contributed by atoms with Gasteiger partial charge < -0.3 is 9.73 Å². The van der Waals surface area contributed by atoms with Crippen molar-refractivity contribution in [1.29, 1.82) is 0 Å². The summed E-state index contributed by atoms with van der Waals surface area (Å²) in [4.78, 5) is 0.192. The number of aryl methyl sites for hydroxylation is 1. The summed E-state index contributed by atoms with van der Waals surface area (Å²) in [6.07, 6.45) is 1.02. The van der Waals surface area contributed by atoms with Crippen molar-refractivity contribution in [2.24, 2.45) is 0 Å². The van der Waals surface area contributed by atoms with E-state index in [1.54, 1.807) is 24.4 Å². The first-order valence-electron chi connectivity index (χ1n) is 6.38. The van der Waals surface area contributed by atoms with E-state index in [-0.39, 0.29) is 4.90 Å². The molecule has 7 heteroatoms. The topological polar surface area (TPSA) is 71.3 Å². The number of hydrogen-bond acceptors (Lipinski definition) is 5. The average Bonchev–Trinajstić information content (AvgIpc) is 2.99. The molecule has 2 aromatic heterocycles. The Balaban J connectivity index is 2.15. The quantitative estimate of drug-likeness (QED) is 0.771. The van der Waals surface area contributed by atoms with Gasteiger partial charge in [0.25, 0.3) is 10.0 Å². The van der Waals surface area contributed by atoms with E-state index in [0.29, 0.717) is 23.8 Å². The zero-order valence-corrected chi connectivity index (χ0v) is 13.1. The second kappa shape index (κ2) is 6.43. The lowest BCUT2D eigenvalue weighted by Gasteiger charge is -2.03. The van der Waals surface area contributed by atoms with Crippen molar-refractivity contribution >= 4 is 27.0 Å². The third-order valence-corrected chi connectivity index (χ3v) is 4.88. The number of thiophene rings is 1. The SMILES string of the molecule is CCCNCc1cc(S(=O)(=O)Nc2ccsc2)c(C)o1. The number of hydrogen-bond donors (Lipinski definition) is 2. The Labute approximate surface area is 123 Å². The Morgan fingerprint density at radius 2 is 2.20 bits per heavy atom. The second-order valence-electron chi connectivity index (χ2n) is 4.43. The summed E-state index contributed by atoms with van der Waals surface area (Å²) in [6, 6.07) is 3.30. The van der Waals surface area contributed by atoms with E-state index in [0.717, 1.165) is 13.0 Å². The molecule has 0 aliphatic carbocycles. The lowest BCUT2D eigenvalue weighted by atomic mass is 10.4. The Hall–Kier alpha value is -1.31. The van der Waals surface area contributed by atoms with Crippen molar-refractivity contribution in [2.75, 3.05) is 11.3 Å². The van der Waals surface area contributed by atoms with Gasteiger partial charge in [-0.15, -0.1) is 0 Å². The van der Waals surface area contributed by atoms with Gasteiger partial charge in [-0.2, -0.15) is 11.3 Å². The normalized spacial score (nSPS) is 11.7. The van der Waals surface area contributed by atoms with Gasteiger partial charge in [-0.05, 0) is 31.3 Å². The number of sulfonamides is 1. The van der Waals surface area contributed by atoms with Gasteiger partial charge in [0.2, 0.25) is 0 Å². The van der Waals surface area contributed by atoms with Crippen molar-refractivity contribution in [3.8, 4) is 0 Å². The van der Waals surface area contributed by atoms with Gasteiger partial charge in [0.15, 0.2) is 0 Å². The molecule has 0 fully saturated rings. The molecule has 2 N–H and O–H groups in total. The molecule has 5 nitrogen and oxygen atoms in total. The fourth-order valence-corrected chi connectivity index (χ4v) is 3.72. The van der Waals surface area contributed by atoms with Crippen LogP contribution in [-0.4, -0.2) is 15.0 Å². The summed E-state index contributed by atoms with van der Waals surface area (Å²) in [5, 5.41) is 6.75. The first kappa shape index (κ1) is 15.1. The summed E-state index contributed by atoms with van der Waals surface area (Å²) in [6.45, 7) is 5.13. The minimum atomic E-state index is -3.59. The molecule has 2 rings (SSSR count). The zero-order chi connectivity index (χ0) is 14.6. The van der Waals surface area contributed by atoms with Crippen molar-refractivity contribution in [1.82, 2.24) is 5.32 Å². The molecule has 0 bridgehead atoms. The molecule has 0 radical (unpaired) electrons. The van der Waals surface area contributed by atoms with E-state index in [2.05, 4.69) is 17.0 Å². The Kier molecular flexibility index (Phi) is 4.85. The van der Waals surface area contributed by atoms with E-state index in [9.17, 15) is 8.42 Å². The first-order chi connectivity index (χ1) is 9.53. The van der Waals surface area contributed by atoms with Crippen LogP contribution in [-0.2, 0) is 16.6 Å². The Morgan fingerprint density at radius 1 is 1.40 bits per heavy atom. The lowest BCUT2D eigenvalue weighted by Crippen LogP contribution is -2.14. The smallest absolute Gasteiger partial charge is 0.265 e. The number of furan rings is 1. The van der Waals surface area contributed by atoms with Crippen molar-refractivity contribution < 1.29 is 12.8 Å². The minimum absolute atomic E-state index is 0.192. The average molecular weight is 314 g/mol. The summed E-state index contributed by atoms with van der Waals surface area (Å²) in [7, 11) is -3.59. The maximum Gasteiger partial charge on any atom is 0.265 e. The van der Waals surface area contributed by atoms with E-state index >= 15 is 0 Å². The summed E-state index contributed by atoms with van der Waals surface area (Å²) < 4.78 is 32.6. The predicted octanol–water partition coefficient (Wildman–Crippen LogP) is 2.95. The highest BCUT2D eigenvalue weighted by molar-refractivity contribution is 7.92. The van der Waals surface area contributed by atoms with E-state index in [1.165, 1.54) is 11.3 Å². The molecular weight excluding hydrogens is 296 g/mol. The van der Waals surface area contributed by atoms with Crippen LogP contribution < -0.4 is 10.0 Å². The first-order valence-corrected chi connectivity index (χ1v) is 8.80. The fourth-order valence-electron chi connectivity index (χ4n) is 1.80. The van der Waals surface area contributed by atoms with E-state index in [4.69, 9.17) is 4.42 Å². The number of anilines is 1. The maximum atomic E-state index is 12.3. The molecule has 0 unspecified atom stereocenters. The standard InChI is InChI=1S/C13H18N2O3S2/c1-3-5-14-8-12-7-13(10(2)18-12)20(16,17)15-11-4-6-19-9-11/h4,6-7,9,14-15H,3,5,8H2,1-2H3. The molecule has 0 spiro atoms. The lowest BCUT2D eigenvalue weighted by molar-refractivity contribution is 0.457. The molecule has 110 valence electrons. The molecule has 2 aromatic rings. The summed E-state index contributed by atoms with van der Waals surface area (Å²) in [5.74, 6) is 1.03. The third-order valence-electron chi connectivity index (χ3n) is 2.71. The largest absolute Gasteiger partial charge is 0.464 e. The van der Waals surface area contributed by atoms with Gasteiger partial charge in [-0.25, -0.2) is 8.42 Å². The molecule has 0 atom stereocenters. The number of nitrogens with one attached hydrogen (secondary N) is 2. The Morgan fingerprint density at radius 3 is 2.85 bits per heavy atom. The summed E-state index contributed by atoms with van der Waals surface area (Å²) >= 11 is 1.44. The maximum absolute atomic E-state index is 12.3.